The Morgan fingerprint density at radius 1 is 1.02 bits per heavy atom. The van der Waals surface area contributed by atoms with Crippen LogP contribution in [-0.2, 0) is 33.8 Å². The highest BCUT2D eigenvalue weighted by Crippen LogP contribution is 2.28. The van der Waals surface area contributed by atoms with Crippen LogP contribution in [0.4, 0.5) is 4.79 Å². The Labute approximate surface area is 250 Å². The smallest absolute Gasteiger partial charge is 0.408 e. The number of Topliss-reactive ketones (excluding diaryl/α,β-unsaturated/α-hetero) is 1. The topological polar surface area (TPSA) is 168 Å². The van der Waals surface area contributed by atoms with E-state index >= 15 is 0 Å². The minimum atomic E-state index is -3.53. The van der Waals surface area contributed by atoms with E-state index in [0.29, 0.717) is 19.3 Å². The summed E-state index contributed by atoms with van der Waals surface area (Å²) in [4.78, 5) is 67.0. The normalized spacial score (nSPS) is 16.3. The Balaban J connectivity index is 3.40. The molecule has 4 amide bonds. The van der Waals surface area contributed by atoms with Crippen molar-refractivity contribution in [3.05, 3.63) is 12.7 Å². The first-order valence-corrected chi connectivity index (χ1v) is 16.8. The molecule has 1 aliphatic carbocycles. The summed E-state index contributed by atoms with van der Waals surface area (Å²) in [6.45, 7) is 12.2. The molecule has 0 aliphatic heterocycles. The summed E-state index contributed by atoms with van der Waals surface area (Å²) in [5.41, 5.74) is -0.800. The Kier molecular flexibility index (Phi) is 15.2. The quantitative estimate of drug-likeness (QED) is 0.176. The molecule has 0 bridgehead atoms. The van der Waals surface area contributed by atoms with Crippen LogP contribution in [-0.4, -0.2) is 91.7 Å². The third-order valence-corrected chi connectivity index (χ3v) is 7.94. The van der Waals surface area contributed by atoms with Gasteiger partial charge in [-0.15, -0.1) is 6.58 Å². The van der Waals surface area contributed by atoms with E-state index in [2.05, 4.69) is 22.5 Å². The molecule has 0 aromatic carbocycles. The molecule has 240 valence electrons. The number of sulfone groups is 1. The first-order valence-electron chi connectivity index (χ1n) is 14.8. The molecule has 0 aromatic heterocycles. The molecule has 1 unspecified atom stereocenters. The Morgan fingerprint density at radius 2 is 1.64 bits per heavy atom. The fraction of sp³-hybridized carbons (Fsp3) is 0.759. The van der Waals surface area contributed by atoms with Crippen LogP contribution in [0.25, 0.3) is 0 Å². The zero-order chi connectivity index (χ0) is 32.1. The van der Waals surface area contributed by atoms with Crippen LogP contribution in [0.1, 0.15) is 86.0 Å². The van der Waals surface area contributed by atoms with Gasteiger partial charge in [-0.05, 0) is 59.3 Å². The molecule has 3 atom stereocenters. The second-order valence-corrected chi connectivity index (χ2v) is 14.1. The van der Waals surface area contributed by atoms with Crippen molar-refractivity contribution >= 4 is 39.4 Å². The van der Waals surface area contributed by atoms with Gasteiger partial charge in [-0.3, -0.25) is 19.2 Å². The fourth-order valence-corrected chi connectivity index (χ4v) is 5.63. The van der Waals surface area contributed by atoms with Gasteiger partial charge in [0.1, 0.15) is 27.5 Å². The average molecular weight is 615 g/mol. The molecular weight excluding hydrogens is 564 g/mol. The van der Waals surface area contributed by atoms with Gasteiger partial charge in [-0.1, -0.05) is 38.7 Å². The molecule has 1 rings (SSSR count). The van der Waals surface area contributed by atoms with E-state index in [9.17, 15) is 32.4 Å². The lowest BCUT2D eigenvalue weighted by Gasteiger charge is -2.37. The van der Waals surface area contributed by atoms with Gasteiger partial charge >= 0.3 is 6.09 Å². The molecule has 0 aromatic rings. The molecule has 1 fully saturated rings. The predicted octanol–water partition coefficient (Wildman–Crippen LogP) is 2.27. The van der Waals surface area contributed by atoms with Gasteiger partial charge in [0.15, 0.2) is 0 Å². The number of rotatable bonds is 16. The van der Waals surface area contributed by atoms with Crippen molar-refractivity contribution in [1.29, 1.82) is 0 Å². The monoisotopic (exact) mass is 614 g/mol. The van der Waals surface area contributed by atoms with Crippen LogP contribution in [0.3, 0.4) is 0 Å². The third-order valence-electron chi connectivity index (χ3n) is 6.97. The summed E-state index contributed by atoms with van der Waals surface area (Å²) >= 11 is 0. The van der Waals surface area contributed by atoms with E-state index in [1.807, 2.05) is 0 Å². The van der Waals surface area contributed by atoms with E-state index < -0.39 is 68.9 Å². The van der Waals surface area contributed by atoms with Gasteiger partial charge in [0, 0.05) is 19.3 Å². The molecule has 12 nitrogen and oxygen atoms in total. The second kappa shape index (κ2) is 17.2. The van der Waals surface area contributed by atoms with Crippen LogP contribution in [0, 0.1) is 5.92 Å². The molecule has 0 spiro atoms. The lowest BCUT2D eigenvalue weighted by atomic mass is 9.83. The van der Waals surface area contributed by atoms with Crippen LogP contribution >= 0.6 is 0 Å². The average Bonchev–Trinajstić information content (AvgIpc) is 2.90. The van der Waals surface area contributed by atoms with Crippen molar-refractivity contribution in [3.63, 3.8) is 0 Å². The first-order chi connectivity index (χ1) is 19.5. The number of likely N-dealkylation sites (N-methyl/N-ethyl adjacent to an activating group) is 1. The lowest BCUT2D eigenvalue weighted by molar-refractivity contribution is -0.145. The Morgan fingerprint density at radius 3 is 2.14 bits per heavy atom. The molecule has 3 N–H and O–H groups in total. The minimum Gasteiger partial charge on any atom is -0.444 e. The minimum absolute atomic E-state index is 0.0338. The van der Waals surface area contributed by atoms with Gasteiger partial charge in [0.25, 0.3) is 5.91 Å². The maximum absolute atomic E-state index is 14.1. The van der Waals surface area contributed by atoms with Crippen LogP contribution < -0.4 is 16.0 Å². The van der Waals surface area contributed by atoms with E-state index in [1.54, 1.807) is 34.6 Å². The van der Waals surface area contributed by atoms with Crippen molar-refractivity contribution in [2.45, 2.75) is 110 Å². The number of alkyl carbamates (subject to hydrolysis) is 1. The van der Waals surface area contributed by atoms with Crippen molar-refractivity contribution in [2.75, 3.05) is 25.1 Å². The SMILES string of the molecule is C=CCNC(=O)C(=O)C(CCC)NC(=O)[C@H](CCS(C)(=O)=O)N(CC)C(=O)[C@@H](NC(=O)OC(C)(C)C)C1CCCCC1. The number of ketones is 1. The zero-order valence-electron chi connectivity index (χ0n) is 26.0. The van der Waals surface area contributed by atoms with Gasteiger partial charge < -0.3 is 25.6 Å². The number of nitrogens with one attached hydrogen (secondary N) is 3. The molecule has 1 aliphatic rings. The summed E-state index contributed by atoms with van der Waals surface area (Å²) in [5.74, 6) is -3.62. The highest BCUT2D eigenvalue weighted by atomic mass is 32.2. The molecule has 42 heavy (non-hydrogen) atoms. The molecule has 0 radical (unpaired) electrons. The number of hydrogen-bond donors (Lipinski definition) is 3. The van der Waals surface area contributed by atoms with Crippen LogP contribution in [0.5, 0.6) is 0 Å². The maximum Gasteiger partial charge on any atom is 0.408 e. The van der Waals surface area contributed by atoms with E-state index in [0.717, 1.165) is 25.5 Å². The van der Waals surface area contributed by atoms with Crippen molar-refractivity contribution in [1.82, 2.24) is 20.9 Å². The number of nitrogens with zero attached hydrogens (tertiary/aromatic N) is 1. The highest BCUT2D eigenvalue weighted by molar-refractivity contribution is 7.90. The molecule has 1 saturated carbocycles. The second-order valence-electron chi connectivity index (χ2n) is 11.8. The molecule has 0 heterocycles. The Bertz CT molecular complexity index is 1060. The lowest BCUT2D eigenvalue weighted by Crippen LogP contribution is -2.60. The predicted molar refractivity (Wildman–Crippen MR) is 160 cm³/mol. The van der Waals surface area contributed by atoms with Gasteiger partial charge in [-0.2, -0.15) is 0 Å². The summed E-state index contributed by atoms with van der Waals surface area (Å²) in [5, 5.41) is 7.72. The Hall–Kier alpha value is -2.96. The molecule has 13 heteroatoms. The van der Waals surface area contributed by atoms with E-state index in [-0.39, 0.29) is 31.8 Å². The summed E-state index contributed by atoms with van der Waals surface area (Å²) < 4.78 is 29.6. The van der Waals surface area contributed by atoms with Crippen molar-refractivity contribution < 1.29 is 37.1 Å². The van der Waals surface area contributed by atoms with Gasteiger partial charge in [0.05, 0.1) is 11.8 Å². The van der Waals surface area contributed by atoms with Crippen molar-refractivity contribution in [3.8, 4) is 0 Å². The number of ether oxygens (including phenoxy) is 1. The summed E-state index contributed by atoms with van der Waals surface area (Å²) in [6.07, 6.45) is 6.23. The summed E-state index contributed by atoms with van der Waals surface area (Å²) in [6, 6.07) is -3.44. The zero-order valence-corrected chi connectivity index (χ0v) is 26.8. The highest BCUT2D eigenvalue weighted by Gasteiger charge is 2.40. The number of hydrogen-bond acceptors (Lipinski definition) is 8. The summed E-state index contributed by atoms with van der Waals surface area (Å²) in [7, 11) is -3.53. The van der Waals surface area contributed by atoms with Crippen LogP contribution in [0.2, 0.25) is 0 Å². The van der Waals surface area contributed by atoms with Gasteiger partial charge in [-0.25, -0.2) is 13.2 Å². The molecule has 0 saturated heterocycles. The van der Waals surface area contributed by atoms with Crippen LogP contribution in [0.15, 0.2) is 12.7 Å². The third kappa shape index (κ3) is 12.9. The van der Waals surface area contributed by atoms with E-state index in [1.165, 1.54) is 11.0 Å². The molecular formula is C29H50N4O8S. The van der Waals surface area contributed by atoms with E-state index in [4.69, 9.17) is 4.74 Å². The maximum atomic E-state index is 14.1. The van der Waals surface area contributed by atoms with Gasteiger partial charge in [0.2, 0.25) is 17.6 Å². The largest absolute Gasteiger partial charge is 0.444 e. The number of carbonyl (C=O) groups excluding carboxylic acids is 5. The number of amides is 4. The number of carbonyl (C=O) groups is 5. The fourth-order valence-electron chi connectivity index (χ4n) is 4.98. The van der Waals surface area contributed by atoms with Crippen molar-refractivity contribution in [2.24, 2.45) is 5.92 Å². The standard InChI is InChI=1S/C29H50N4O8S/c1-8-14-21(24(34)26(36)30-18-9-2)31-25(35)22(17-19-42(7,39)40)33(10-3)27(37)23(20-15-12-11-13-16-20)32-28(38)41-29(4,5)6/h9,20-23H,2,8,10-19H2,1,3-7H3,(H,30,36)(H,31,35)(H,32,38)/t21?,22-,23-/m0/s1. The first kappa shape index (κ1) is 37.1.